The molecule has 0 aliphatic heterocycles. The molecule has 17 heavy (non-hydrogen) atoms. The first kappa shape index (κ1) is 14.4. The third kappa shape index (κ3) is 3.40. The lowest BCUT2D eigenvalue weighted by Crippen LogP contribution is -2.63. The zero-order valence-corrected chi connectivity index (χ0v) is 11.4. The van der Waals surface area contributed by atoms with Crippen molar-refractivity contribution in [3.8, 4) is 0 Å². The fraction of sp³-hybridized carbons (Fsp3) is 0.917. The van der Waals surface area contributed by atoms with Gasteiger partial charge in [-0.25, -0.2) is 0 Å². The maximum Gasteiger partial charge on any atom is 0.238 e. The van der Waals surface area contributed by atoms with Gasteiger partial charge in [0.25, 0.3) is 0 Å². The highest BCUT2D eigenvalue weighted by atomic mass is 16.5. The molecule has 0 bridgehead atoms. The van der Waals surface area contributed by atoms with E-state index in [1.165, 1.54) is 0 Å². The summed E-state index contributed by atoms with van der Waals surface area (Å²) in [7, 11) is 5.21. The van der Waals surface area contributed by atoms with Crippen molar-refractivity contribution in [2.45, 2.75) is 44.6 Å². The van der Waals surface area contributed by atoms with E-state index >= 15 is 0 Å². The molecule has 4 unspecified atom stereocenters. The van der Waals surface area contributed by atoms with E-state index in [4.69, 9.17) is 9.47 Å². The van der Waals surface area contributed by atoms with E-state index in [1.807, 2.05) is 13.8 Å². The van der Waals surface area contributed by atoms with Crippen LogP contribution >= 0.6 is 0 Å². The van der Waals surface area contributed by atoms with Gasteiger partial charge in [0.1, 0.15) is 0 Å². The van der Waals surface area contributed by atoms with E-state index in [9.17, 15) is 4.79 Å². The van der Waals surface area contributed by atoms with E-state index < -0.39 is 0 Å². The fourth-order valence-electron chi connectivity index (χ4n) is 2.22. The van der Waals surface area contributed by atoms with Gasteiger partial charge in [-0.2, -0.15) is 0 Å². The van der Waals surface area contributed by atoms with Crippen LogP contribution in [0.4, 0.5) is 0 Å². The molecule has 0 spiro atoms. The predicted molar refractivity (Wildman–Crippen MR) is 65.9 cm³/mol. The Balaban J connectivity index is 2.40. The molecule has 0 aromatic rings. The van der Waals surface area contributed by atoms with Crippen LogP contribution in [0, 0.1) is 0 Å². The molecule has 5 heteroatoms. The zero-order chi connectivity index (χ0) is 13.0. The molecule has 0 aromatic carbocycles. The maximum atomic E-state index is 11.7. The Hall–Kier alpha value is -0.650. The Morgan fingerprint density at radius 3 is 2.65 bits per heavy atom. The highest BCUT2D eigenvalue weighted by Gasteiger charge is 2.43. The van der Waals surface area contributed by atoms with Gasteiger partial charge in [0.05, 0.1) is 18.2 Å². The molecule has 0 aromatic heterocycles. The SMILES string of the molecule is CCOC1CC(NC(C)C(=O)N(C)C)C1OC. The minimum atomic E-state index is -0.185. The third-order valence-electron chi connectivity index (χ3n) is 3.18. The molecule has 4 atom stereocenters. The fourth-order valence-corrected chi connectivity index (χ4v) is 2.22. The van der Waals surface area contributed by atoms with Crippen LogP contribution in [0.5, 0.6) is 0 Å². The number of hydrogen-bond donors (Lipinski definition) is 1. The first-order valence-electron chi connectivity index (χ1n) is 6.12. The molecule has 1 N–H and O–H groups in total. The molecule has 0 saturated heterocycles. The van der Waals surface area contributed by atoms with Gasteiger partial charge in [0.2, 0.25) is 5.91 Å². The summed E-state index contributed by atoms with van der Waals surface area (Å²) in [5, 5.41) is 3.29. The average Bonchev–Trinajstić information content (AvgIpc) is 2.26. The second-order valence-corrected chi connectivity index (χ2v) is 4.66. The van der Waals surface area contributed by atoms with Gasteiger partial charge in [0.15, 0.2) is 0 Å². The van der Waals surface area contributed by atoms with Crippen molar-refractivity contribution in [3.05, 3.63) is 0 Å². The Bertz CT molecular complexity index is 258. The monoisotopic (exact) mass is 244 g/mol. The van der Waals surface area contributed by atoms with Crippen molar-refractivity contribution >= 4 is 5.91 Å². The number of nitrogens with zero attached hydrogens (tertiary/aromatic N) is 1. The normalized spacial score (nSPS) is 29.6. The number of likely N-dealkylation sites (N-methyl/N-ethyl adjacent to an activating group) is 1. The van der Waals surface area contributed by atoms with Crippen molar-refractivity contribution in [2.24, 2.45) is 0 Å². The second kappa shape index (κ2) is 6.33. The predicted octanol–water partition coefficient (Wildman–Crippen LogP) is 0.245. The van der Waals surface area contributed by atoms with E-state index in [0.29, 0.717) is 6.61 Å². The average molecular weight is 244 g/mol. The number of rotatable bonds is 6. The summed E-state index contributed by atoms with van der Waals surface area (Å²) in [5.41, 5.74) is 0. The molecule has 0 heterocycles. The summed E-state index contributed by atoms with van der Waals surface area (Å²) in [6.45, 7) is 4.55. The smallest absolute Gasteiger partial charge is 0.238 e. The minimum Gasteiger partial charge on any atom is -0.377 e. The van der Waals surface area contributed by atoms with E-state index in [2.05, 4.69) is 5.32 Å². The number of hydrogen-bond acceptors (Lipinski definition) is 4. The summed E-state index contributed by atoms with van der Waals surface area (Å²) < 4.78 is 10.9. The molecule has 0 radical (unpaired) electrons. The standard InChI is InChI=1S/C12H24N2O3/c1-6-17-10-7-9(11(10)16-5)13-8(2)12(15)14(3)4/h8-11,13H,6-7H2,1-5H3. The molecule has 1 rings (SSSR count). The molecule has 1 aliphatic carbocycles. The lowest BCUT2D eigenvalue weighted by molar-refractivity contribution is -0.141. The number of ether oxygens (including phenoxy) is 2. The minimum absolute atomic E-state index is 0.0485. The Morgan fingerprint density at radius 2 is 2.18 bits per heavy atom. The molecule has 1 fully saturated rings. The van der Waals surface area contributed by atoms with Crippen molar-refractivity contribution in [2.75, 3.05) is 27.8 Å². The lowest BCUT2D eigenvalue weighted by atomic mass is 9.84. The van der Waals surface area contributed by atoms with Crippen molar-refractivity contribution in [3.63, 3.8) is 0 Å². The van der Waals surface area contributed by atoms with Gasteiger partial charge >= 0.3 is 0 Å². The quantitative estimate of drug-likeness (QED) is 0.727. The number of nitrogens with one attached hydrogen (secondary N) is 1. The highest BCUT2D eigenvalue weighted by molar-refractivity contribution is 5.80. The van der Waals surface area contributed by atoms with Crippen molar-refractivity contribution in [1.29, 1.82) is 0 Å². The molecule has 1 aliphatic rings. The van der Waals surface area contributed by atoms with Crippen LogP contribution in [0.2, 0.25) is 0 Å². The van der Waals surface area contributed by atoms with Gasteiger partial charge in [-0.1, -0.05) is 0 Å². The van der Waals surface area contributed by atoms with Crippen molar-refractivity contribution in [1.82, 2.24) is 10.2 Å². The van der Waals surface area contributed by atoms with E-state index in [0.717, 1.165) is 6.42 Å². The summed E-state index contributed by atoms with van der Waals surface area (Å²) in [6.07, 6.45) is 1.11. The van der Waals surface area contributed by atoms with Crippen LogP contribution in [-0.2, 0) is 14.3 Å². The van der Waals surface area contributed by atoms with Gasteiger partial charge < -0.3 is 19.7 Å². The van der Waals surface area contributed by atoms with E-state index in [-0.39, 0.29) is 30.2 Å². The second-order valence-electron chi connectivity index (χ2n) is 4.66. The van der Waals surface area contributed by atoms with Crippen LogP contribution in [0.25, 0.3) is 0 Å². The Kier molecular flexibility index (Phi) is 5.36. The highest BCUT2D eigenvalue weighted by Crippen LogP contribution is 2.27. The number of carbonyl (C=O) groups excluding carboxylic acids is 1. The van der Waals surface area contributed by atoms with Gasteiger partial charge in [-0.05, 0) is 20.3 Å². The first-order valence-corrected chi connectivity index (χ1v) is 6.12. The molecule has 100 valence electrons. The van der Waals surface area contributed by atoms with Gasteiger partial charge in [-0.3, -0.25) is 4.79 Å². The van der Waals surface area contributed by atoms with Gasteiger partial charge in [0, 0.05) is 33.9 Å². The number of methoxy groups -OCH3 is 1. The summed E-state index contributed by atoms with van der Waals surface area (Å²) in [4.78, 5) is 13.3. The molecule has 1 amide bonds. The molecular weight excluding hydrogens is 220 g/mol. The molecular formula is C12H24N2O3. The summed E-state index contributed by atoms with van der Waals surface area (Å²) in [6, 6.07) is 0.0191. The molecule has 5 nitrogen and oxygen atoms in total. The van der Waals surface area contributed by atoms with Crippen LogP contribution < -0.4 is 5.32 Å². The Labute approximate surface area is 103 Å². The Morgan fingerprint density at radius 1 is 1.53 bits per heavy atom. The molecule has 1 saturated carbocycles. The summed E-state index contributed by atoms with van der Waals surface area (Å²) >= 11 is 0. The number of amides is 1. The van der Waals surface area contributed by atoms with Crippen LogP contribution in [-0.4, -0.2) is 62.9 Å². The van der Waals surface area contributed by atoms with Crippen LogP contribution in [0.3, 0.4) is 0 Å². The van der Waals surface area contributed by atoms with Crippen LogP contribution in [0.15, 0.2) is 0 Å². The zero-order valence-electron chi connectivity index (χ0n) is 11.4. The lowest BCUT2D eigenvalue weighted by Gasteiger charge is -2.44. The summed E-state index contributed by atoms with van der Waals surface area (Å²) in [5.74, 6) is 0.0831. The van der Waals surface area contributed by atoms with E-state index in [1.54, 1.807) is 26.1 Å². The maximum absolute atomic E-state index is 11.7. The third-order valence-corrected chi connectivity index (χ3v) is 3.18. The van der Waals surface area contributed by atoms with Crippen molar-refractivity contribution < 1.29 is 14.3 Å². The topological polar surface area (TPSA) is 50.8 Å². The van der Waals surface area contributed by atoms with Gasteiger partial charge in [-0.15, -0.1) is 0 Å². The number of carbonyl (C=O) groups is 1. The first-order chi connectivity index (χ1) is 8.01. The van der Waals surface area contributed by atoms with Crippen LogP contribution in [0.1, 0.15) is 20.3 Å². The largest absolute Gasteiger partial charge is 0.377 e.